The Morgan fingerprint density at radius 2 is 1.03 bits per heavy atom. The molecule has 0 aliphatic rings. The summed E-state index contributed by atoms with van der Waals surface area (Å²) in [6.45, 7) is 0. The molecule has 6 rings (SSSR count). The zero-order chi connectivity index (χ0) is 23.8. The van der Waals surface area contributed by atoms with E-state index in [2.05, 4.69) is 48.8 Å². The first-order valence-electron chi connectivity index (χ1n) is 10.8. The van der Waals surface area contributed by atoms with Crippen LogP contribution in [0.1, 0.15) is 11.4 Å². The van der Waals surface area contributed by atoms with Gasteiger partial charge in [0.05, 0.1) is 52.9 Å². The molecule has 3 aromatic carbocycles. The summed E-state index contributed by atoms with van der Waals surface area (Å²) in [6, 6.07) is 26.4. The van der Waals surface area contributed by atoms with Crippen molar-refractivity contribution in [3.63, 3.8) is 0 Å². The predicted octanol–water partition coefficient (Wildman–Crippen LogP) is 5.44. The first-order chi connectivity index (χ1) is 17.3. The van der Waals surface area contributed by atoms with E-state index in [0.29, 0.717) is 11.4 Å². The molecule has 0 saturated heterocycles. The van der Waals surface area contributed by atoms with E-state index in [0.717, 1.165) is 38.6 Å². The van der Waals surface area contributed by atoms with Gasteiger partial charge >= 0.3 is 0 Å². The lowest BCUT2D eigenvalue weighted by Gasteiger charge is -2.17. The molecule has 3 aromatic heterocycles. The SMILES string of the molecule is N#Cc1cnc(-c2cccc(-c3cnc(C#N)cn3)c2-n2c3ccccc3c3ccccc32)cn1. The van der Waals surface area contributed by atoms with Gasteiger partial charge in [-0.15, -0.1) is 0 Å². The Hall–Kier alpha value is -5.40. The van der Waals surface area contributed by atoms with Crippen LogP contribution in [0.5, 0.6) is 0 Å². The van der Waals surface area contributed by atoms with E-state index in [1.54, 1.807) is 12.4 Å². The van der Waals surface area contributed by atoms with Crippen molar-refractivity contribution in [2.75, 3.05) is 0 Å². The molecule has 35 heavy (non-hydrogen) atoms. The summed E-state index contributed by atoms with van der Waals surface area (Å²) in [5.41, 5.74) is 6.35. The molecule has 0 unspecified atom stereocenters. The van der Waals surface area contributed by atoms with E-state index in [9.17, 15) is 10.5 Å². The lowest BCUT2D eigenvalue weighted by molar-refractivity contribution is 1.13. The van der Waals surface area contributed by atoms with E-state index < -0.39 is 0 Å². The Kier molecular flexibility index (Phi) is 4.73. The summed E-state index contributed by atoms with van der Waals surface area (Å²) in [7, 11) is 0. The molecular formula is C28H15N7. The topological polar surface area (TPSA) is 104 Å². The summed E-state index contributed by atoms with van der Waals surface area (Å²) in [4.78, 5) is 17.6. The molecule has 0 spiro atoms. The highest BCUT2D eigenvalue weighted by Gasteiger charge is 2.20. The van der Waals surface area contributed by atoms with Crippen LogP contribution in [0.2, 0.25) is 0 Å². The van der Waals surface area contributed by atoms with Gasteiger partial charge in [0.2, 0.25) is 0 Å². The van der Waals surface area contributed by atoms with Gasteiger partial charge in [-0.25, -0.2) is 9.97 Å². The molecule has 7 heteroatoms. The van der Waals surface area contributed by atoms with Crippen LogP contribution in [0.3, 0.4) is 0 Å². The molecule has 0 N–H and O–H groups in total. The fraction of sp³-hybridized carbons (Fsp3) is 0. The number of nitrogens with zero attached hydrogens (tertiary/aromatic N) is 7. The number of para-hydroxylation sites is 3. The van der Waals surface area contributed by atoms with Crippen molar-refractivity contribution in [2.45, 2.75) is 0 Å². The minimum absolute atomic E-state index is 0.251. The molecule has 0 saturated carbocycles. The highest BCUT2D eigenvalue weighted by molar-refractivity contribution is 6.10. The Labute approximate surface area is 200 Å². The fourth-order valence-corrected chi connectivity index (χ4v) is 4.41. The smallest absolute Gasteiger partial charge is 0.158 e. The standard InChI is InChI=1S/C28H15N7/c29-12-18-14-33-24(16-31-18)22-8-5-9-23(25-17-32-19(13-30)15-34-25)28(22)35-26-10-3-1-6-20(26)21-7-2-4-11-27(21)35/h1-11,14-17H. The molecule has 6 aromatic rings. The van der Waals surface area contributed by atoms with Crippen LogP contribution < -0.4 is 0 Å². The lowest BCUT2D eigenvalue weighted by atomic mass is 10.0. The summed E-state index contributed by atoms with van der Waals surface area (Å²) in [5.74, 6) is 0. The fourth-order valence-electron chi connectivity index (χ4n) is 4.41. The maximum Gasteiger partial charge on any atom is 0.158 e. The molecule has 0 aliphatic heterocycles. The summed E-state index contributed by atoms with van der Waals surface area (Å²) in [5, 5.41) is 20.6. The van der Waals surface area contributed by atoms with Crippen LogP contribution in [0, 0.1) is 22.7 Å². The largest absolute Gasteiger partial charge is 0.308 e. The molecule has 3 heterocycles. The lowest BCUT2D eigenvalue weighted by Crippen LogP contribution is -2.03. The van der Waals surface area contributed by atoms with Gasteiger partial charge in [0, 0.05) is 21.9 Å². The summed E-state index contributed by atoms with van der Waals surface area (Å²) >= 11 is 0. The molecule has 0 radical (unpaired) electrons. The molecule has 0 amide bonds. The van der Waals surface area contributed by atoms with Crippen molar-refractivity contribution in [3.8, 4) is 40.3 Å². The first-order valence-corrected chi connectivity index (χ1v) is 10.8. The zero-order valence-corrected chi connectivity index (χ0v) is 18.3. The van der Waals surface area contributed by atoms with Crippen molar-refractivity contribution >= 4 is 21.8 Å². The van der Waals surface area contributed by atoms with Crippen molar-refractivity contribution in [3.05, 3.63) is 103 Å². The zero-order valence-electron chi connectivity index (χ0n) is 18.3. The number of hydrogen-bond donors (Lipinski definition) is 0. The number of hydrogen-bond acceptors (Lipinski definition) is 6. The summed E-state index contributed by atoms with van der Waals surface area (Å²) in [6.07, 6.45) is 6.16. The van der Waals surface area contributed by atoms with Crippen LogP contribution >= 0.6 is 0 Å². The van der Waals surface area contributed by atoms with E-state index >= 15 is 0 Å². The quantitative estimate of drug-likeness (QED) is 0.356. The highest BCUT2D eigenvalue weighted by Crippen LogP contribution is 2.39. The number of rotatable bonds is 3. The number of aromatic nitrogens is 5. The molecule has 162 valence electrons. The molecular weight excluding hydrogens is 434 g/mol. The molecule has 0 atom stereocenters. The van der Waals surface area contributed by atoms with Crippen LogP contribution in [-0.4, -0.2) is 24.5 Å². The monoisotopic (exact) mass is 449 g/mol. The van der Waals surface area contributed by atoms with Crippen LogP contribution in [-0.2, 0) is 0 Å². The number of nitriles is 2. The summed E-state index contributed by atoms with van der Waals surface area (Å²) < 4.78 is 2.20. The highest BCUT2D eigenvalue weighted by atomic mass is 15.0. The average molecular weight is 449 g/mol. The van der Waals surface area contributed by atoms with Crippen molar-refractivity contribution in [1.29, 1.82) is 10.5 Å². The molecule has 7 nitrogen and oxygen atoms in total. The van der Waals surface area contributed by atoms with E-state index in [-0.39, 0.29) is 11.4 Å². The van der Waals surface area contributed by atoms with Gasteiger partial charge in [-0.1, -0.05) is 54.6 Å². The van der Waals surface area contributed by atoms with E-state index in [1.165, 1.54) is 12.4 Å². The number of benzene rings is 3. The minimum Gasteiger partial charge on any atom is -0.308 e. The van der Waals surface area contributed by atoms with Crippen molar-refractivity contribution in [1.82, 2.24) is 24.5 Å². The molecule has 0 fully saturated rings. The predicted molar refractivity (Wildman–Crippen MR) is 132 cm³/mol. The maximum atomic E-state index is 9.18. The first kappa shape index (κ1) is 20.2. The normalized spacial score (nSPS) is 10.8. The van der Waals surface area contributed by atoms with E-state index in [4.69, 9.17) is 0 Å². The minimum atomic E-state index is 0.251. The molecule has 0 aliphatic carbocycles. The van der Waals surface area contributed by atoms with Crippen molar-refractivity contribution in [2.24, 2.45) is 0 Å². The van der Waals surface area contributed by atoms with Crippen LogP contribution in [0.4, 0.5) is 0 Å². The Morgan fingerprint density at radius 1 is 0.543 bits per heavy atom. The van der Waals surface area contributed by atoms with Gasteiger partial charge in [0.1, 0.15) is 12.1 Å². The van der Waals surface area contributed by atoms with Gasteiger partial charge in [-0.2, -0.15) is 10.5 Å². The third-order valence-corrected chi connectivity index (χ3v) is 5.92. The van der Waals surface area contributed by atoms with Crippen LogP contribution in [0.25, 0.3) is 50.0 Å². The van der Waals surface area contributed by atoms with Crippen molar-refractivity contribution < 1.29 is 0 Å². The Morgan fingerprint density at radius 3 is 1.46 bits per heavy atom. The Bertz CT molecular complexity index is 1670. The van der Waals surface area contributed by atoms with Gasteiger partial charge in [-0.3, -0.25) is 9.97 Å². The van der Waals surface area contributed by atoms with Gasteiger partial charge < -0.3 is 4.57 Å². The van der Waals surface area contributed by atoms with E-state index in [1.807, 2.05) is 54.6 Å². The molecule has 0 bridgehead atoms. The van der Waals surface area contributed by atoms with Gasteiger partial charge in [-0.05, 0) is 12.1 Å². The van der Waals surface area contributed by atoms with Gasteiger partial charge in [0.25, 0.3) is 0 Å². The maximum absolute atomic E-state index is 9.18. The third kappa shape index (κ3) is 3.28. The number of fused-ring (bicyclic) bond motifs is 3. The second kappa shape index (κ2) is 8.18. The van der Waals surface area contributed by atoms with Crippen LogP contribution in [0.15, 0.2) is 91.5 Å². The van der Waals surface area contributed by atoms with Gasteiger partial charge in [0.15, 0.2) is 11.4 Å². The third-order valence-electron chi connectivity index (χ3n) is 5.92. The second-order valence-electron chi connectivity index (χ2n) is 7.87. The average Bonchev–Trinajstić information content (AvgIpc) is 3.27. The second-order valence-corrected chi connectivity index (χ2v) is 7.87. The Balaban J connectivity index is 1.74.